The molecule has 0 atom stereocenters. The van der Waals surface area contributed by atoms with Gasteiger partial charge in [-0.25, -0.2) is 0 Å². The number of nitrogens with zero attached hydrogens (tertiary/aromatic N) is 1. The Morgan fingerprint density at radius 2 is 1.56 bits per heavy atom. The molecule has 0 N–H and O–H groups in total. The Morgan fingerprint density at radius 3 is 1.56 bits per heavy atom. The second-order valence-electron chi connectivity index (χ2n) is 2.45. The number of hydrogen-bond donors (Lipinski definition) is 0. The molecule has 0 rings (SSSR count). The van der Waals surface area contributed by atoms with E-state index in [4.69, 9.17) is 0 Å². The summed E-state index contributed by atoms with van der Waals surface area (Å²) in [7, 11) is 6.00. The van der Waals surface area contributed by atoms with Crippen molar-refractivity contribution in [2.24, 2.45) is 0 Å². The molecule has 0 saturated heterocycles. The van der Waals surface area contributed by atoms with Gasteiger partial charge in [-0.15, -0.1) is 0 Å². The van der Waals surface area contributed by atoms with E-state index in [1.54, 1.807) is 0 Å². The summed E-state index contributed by atoms with van der Waals surface area (Å²) in [4.78, 5) is 2.00. The van der Waals surface area contributed by atoms with Crippen LogP contribution in [0.5, 0.6) is 0 Å². The van der Waals surface area contributed by atoms with Crippen molar-refractivity contribution in [1.82, 2.24) is 4.90 Å². The topological polar surface area (TPSA) is 3.24 Å². The van der Waals surface area contributed by atoms with Crippen molar-refractivity contribution in [3.8, 4) is 0 Å². The maximum Gasteiger partial charge on any atom is -0.0140 e. The van der Waals surface area contributed by atoms with E-state index >= 15 is 0 Å². The van der Waals surface area contributed by atoms with Gasteiger partial charge in [0.1, 0.15) is 0 Å². The van der Waals surface area contributed by atoms with Gasteiger partial charge in [0, 0.05) is 0 Å². The summed E-state index contributed by atoms with van der Waals surface area (Å²) < 4.78 is 1.48. The van der Waals surface area contributed by atoms with Crippen LogP contribution in [0.25, 0.3) is 0 Å². The SMILES string of the molecule is CCC[CH2][Hf].CN(C)C. The second kappa shape index (κ2) is 11.6. The molecule has 0 unspecified atom stereocenters. The molecule has 0 aromatic heterocycles. The molecule has 2 heteroatoms. The summed E-state index contributed by atoms with van der Waals surface area (Å²) in [6.45, 7) is 2.23. The van der Waals surface area contributed by atoms with Gasteiger partial charge in [0.15, 0.2) is 0 Å². The molecular weight excluding hydrogens is 277 g/mol. The molecule has 0 heterocycles. The summed E-state index contributed by atoms with van der Waals surface area (Å²) in [6, 6.07) is 0. The van der Waals surface area contributed by atoms with E-state index < -0.39 is 0 Å². The first-order chi connectivity index (χ1) is 4.15. The Bertz CT molecular complexity index is 33.1. The summed E-state index contributed by atoms with van der Waals surface area (Å²) in [5.41, 5.74) is 0. The zero-order valence-corrected chi connectivity index (χ0v) is 10.7. The average molecular weight is 295 g/mol. The van der Waals surface area contributed by atoms with Gasteiger partial charge in [0.25, 0.3) is 0 Å². The van der Waals surface area contributed by atoms with E-state index in [-0.39, 0.29) is 0 Å². The monoisotopic (exact) mass is 296 g/mol. The molecule has 0 amide bonds. The number of unbranched alkanes of at least 4 members (excludes halogenated alkanes) is 1. The molecule has 0 aliphatic carbocycles. The normalized spacial score (nSPS) is 8.44. The quantitative estimate of drug-likeness (QED) is 0.704. The first-order valence-corrected chi connectivity index (χ1v) is 5.94. The van der Waals surface area contributed by atoms with E-state index in [0.29, 0.717) is 0 Å². The van der Waals surface area contributed by atoms with Gasteiger partial charge in [-0.1, -0.05) is 0 Å². The molecule has 0 bridgehead atoms. The van der Waals surface area contributed by atoms with Crippen molar-refractivity contribution in [3.63, 3.8) is 0 Å². The Labute approximate surface area is 74.4 Å². The smallest absolute Gasteiger partial charge is 0.0140 e. The van der Waals surface area contributed by atoms with Crippen LogP contribution in [0.15, 0.2) is 0 Å². The first kappa shape index (κ1) is 12.5. The predicted octanol–water partition coefficient (Wildman–Crippen LogP) is 1.93. The summed E-state index contributed by atoms with van der Waals surface area (Å²) in [5.74, 6) is 0. The van der Waals surface area contributed by atoms with Crippen LogP contribution in [0, 0.1) is 0 Å². The first-order valence-electron chi connectivity index (χ1n) is 3.40. The van der Waals surface area contributed by atoms with Crippen LogP contribution in [-0.4, -0.2) is 26.0 Å². The molecular formula is C7H18HfN. The van der Waals surface area contributed by atoms with Gasteiger partial charge >= 0.3 is 48.3 Å². The van der Waals surface area contributed by atoms with Crippen molar-refractivity contribution in [3.05, 3.63) is 0 Å². The molecule has 0 aromatic rings. The van der Waals surface area contributed by atoms with Crippen LogP contribution in [-0.2, 0) is 24.4 Å². The van der Waals surface area contributed by atoms with E-state index in [0.717, 1.165) is 0 Å². The van der Waals surface area contributed by atoms with Crippen LogP contribution in [0.1, 0.15) is 19.8 Å². The van der Waals surface area contributed by atoms with Crippen molar-refractivity contribution in [2.75, 3.05) is 21.1 Å². The van der Waals surface area contributed by atoms with E-state index in [9.17, 15) is 0 Å². The van der Waals surface area contributed by atoms with Crippen molar-refractivity contribution < 1.29 is 24.4 Å². The van der Waals surface area contributed by atoms with E-state index in [2.05, 4.69) is 6.92 Å². The third-order valence-corrected chi connectivity index (χ3v) is 1.80. The molecule has 0 radical (unpaired) electrons. The molecule has 0 fully saturated rings. The predicted molar refractivity (Wildman–Crippen MR) is 39.3 cm³/mol. The minimum atomic E-state index is 1.38. The number of rotatable bonds is 2. The van der Waals surface area contributed by atoms with Crippen LogP contribution < -0.4 is 0 Å². The molecule has 0 aliphatic rings. The van der Waals surface area contributed by atoms with Gasteiger partial charge in [-0.05, 0) is 21.1 Å². The molecule has 0 saturated carbocycles. The molecule has 55 valence electrons. The van der Waals surface area contributed by atoms with Crippen LogP contribution in [0.3, 0.4) is 0 Å². The standard InChI is InChI=1S/C4H9.C3H9N.Hf/c1-3-4-2;1-4(2)3;/h1,3-4H2,2H3;1-3H3;. The van der Waals surface area contributed by atoms with Crippen molar-refractivity contribution in [2.45, 2.75) is 23.9 Å². The van der Waals surface area contributed by atoms with Crippen LogP contribution >= 0.6 is 0 Å². The molecule has 0 aliphatic heterocycles. The van der Waals surface area contributed by atoms with Crippen LogP contribution in [0.2, 0.25) is 4.18 Å². The fourth-order valence-electron chi connectivity index (χ4n) is 0.177. The summed E-state index contributed by atoms with van der Waals surface area (Å²) in [5, 5.41) is 0. The Balaban J connectivity index is 0. The Hall–Kier alpha value is 0.830. The van der Waals surface area contributed by atoms with Gasteiger partial charge in [0.05, 0.1) is 0 Å². The molecule has 0 aromatic carbocycles. The fraction of sp³-hybridized carbons (Fsp3) is 1.00. The molecule has 0 spiro atoms. The van der Waals surface area contributed by atoms with Gasteiger partial charge in [-0.3, -0.25) is 0 Å². The van der Waals surface area contributed by atoms with Gasteiger partial charge in [-0.2, -0.15) is 0 Å². The average Bonchev–Trinajstić information content (AvgIpc) is 1.66. The van der Waals surface area contributed by atoms with Crippen molar-refractivity contribution in [1.29, 1.82) is 0 Å². The second-order valence-corrected chi connectivity index (χ2v) is 4.24. The van der Waals surface area contributed by atoms with Crippen LogP contribution in [0.4, 0.5) is 0 Å². The maximum atomic E-state index is 2.23. The largest absolute Gasteiger partial charge is 0.312 e. The zero-order valence-electron chi connectivity index (χ0n) is 7.07. The molecule has 9 heavy (non-hydrogen) atoms. The number of hydrogen-bond acceptors (Lipinski definition) is 1. The maximum absolute atomic E-state index is 2.23. The van der Waals surface area contributed by atoms with Gasteiger partial charge in [0.2, 0.25) is 0 Å². The zero-order chi connectivity index (χ0) is 7.70. The fourth-order valence-corrected chi connectivity index (χ4v) is 1.45. The summed E-state index contributed by atoms with van der Waals surface area (Å²) in [6.07, 6.45) is 2.83. The Morgan fingerprint density at radius 1 is 1.22 bits per heavy atom. The Kier molecular flexibility index (Phi) is 16.1. The summed E-state index contributed by atoms with van der Waals surface area (Å²) >= 11 is 1.40. The van der Waals surface area contributed by atoms with E-state index in [1.807, 2.05) is 26.0 Å². The third kappa shape index (κ3) is 51.4. The van der Waals surface area contributed by atoms with E-state index in [1.165, 1.54) is 41.4 Å². The third-order valence-electron chi connectivity index (χ3n) is 0.530. The molecule has 1 nitrogen and oxygen atoms in total. The minimum absolute atomic E-state index is 1.38. The van der Waals surface area contributed by atoms with Gasteiger partial charge < -0.3 is 4.90 Å². The minimum Gasteiger partial charge on any atom is -0.312 e. The van der Waals surface area contributed by atoms with Crippen molar-refractivity contribution >= 4 is 0 Å².